The van der Waals surface area contributed by atoms with E-state index in [9.17, 15) is 19.0 Å². The average Bonchev–Trinajstić information content (AvgIpc) is 3.41. The van der Waals surface area contributed by atoms with E-state index in [0.29, 0.717) is 17.4 Å². The molecule has 0 radical (unpaired) electrons. The lowest BCUT2D eigenvalue weighted by Crippen LogP contribution is -2.47. The van der Waals surface area contributed by atoms with Gasteiger partial charge in [-0.2, -0.15) is 0 Å². The second-order valence-corrected chi connectivity index (χ2v) is 24.4. The van der Waals surface area contributed by atoms with Crippen molar-refractivity contribution in [2.45, 2.75) is 290 Å². The first-order valence-corrected chi connectivity index (χ1v) is 34.1. The van der Waals surface area contributed by atoms with Gasteiger partial charge in [-0.15, -0.1) is 0 Å². The Balaban J connectivity index is 5.20. The lowest BCUT2D eigenvalue weighted by Gasteiger charge is -2.27. The van der Waals surface area contributed by atoms with E-state index < -0.39 is 20.0 Å². The number of carbonyl (C=O) groups is 2. The van der Waals surface area contributed by atoms with Gasteiger partial charge in [0.15, 0.2) is 0 Å². The Hall–Kier alpha value is -3.07. The van der Waals surface area contributed by atoms with Crippen molar-refractivity contribution in [3.63, 3.8) is 0 Å². The van der Waals surface area contributed by atoms with Crippen LogP contribution in [0.15, 0.2) is 97.2 Å². The number of amides is 1. The quantitative estimate of drug-likeness (QED) is 0.0156. The summed E-state index contributed by atoms with van der Waals surface area (Å²) in [6.07, 6.45) is 78.3. The van der Waals surface area contributed by atoms with Crippen LogP contribution in [0.25, 0.3) is 0 Å². The summed E-state index contributed by atoms with van der Waals surface area (Å²) < 4.78 is 30.7. The van der Waals surface area contributed by atoms with Crippen molar-refractivity contribution in [2.75, 3.05) is 40.9 Å². The molecule has 0 aromatic rings. The molecule has 0 fully saturated rings. The Morgan fingerprint density at radius 1 is 0.468 bits per heavy atom. The highest BCUT2D eigenvalue weighted by atomic mass is 31.2. The Labute approximate surface area is 488 Å². The van der Waals surface area contributed by atoms with Gasteiger partial charge in [0.1, 0.15) is 19.3 Å². The number of esters is 1. The van der Waals surface area contributed by atoms with Gasteiger partial charge in [0.25, 0.3) is 0 Å². The SMILES string of the molecule is CC/C=C\C/C=C\C/C=C\C/C=C\C/C=C\CCCCCCCCCCCC(=O)NC(COP(=O)(O)OCC[N+](C)(C)C)C(/C=C\CCCCCCCCCCCCC)OC(=O)CCCCCCCC/C=C/C=C/CCCCC. The van der Waals surface area contributed by atoms with Crippen LogP contribution in [-0.4, -0.2) is 74.3 Å². The summed E-state index contributed by atoms with van der Waals surface area (Å²) >= 11 is 0. The van der Waals surface area contributed by atoms with E-state index >= 15 is 0 Å². The largest absolute Gasteiger partial charge is 0.472 e. The molecule has 79 heavy (non-hydrogen) atoms. The minimum Gasteiger partial charge on any atom is -0.456 e. The number of carbonyl (C=O) groups excluding carboxylic acids is 2. The van der Waals surface area contributed by atoms with Crippen molar-refractivity contribution in [2.24, 2.45) is 0 Å². The van der Waals surface area contributed by atoms with E-state index in [1.54, 1.807) is 0 Å². The molecule has 3 unspecified atom stereocenters. The van der Waals surface area contributed by atoms with Crippen LogP contribution in [0, 0.1) is 0 Å². The standard InChI is InChI=1S/C69H123N2O7P/c1-7-10-13-16-19-22-25-28-30-31-32-33-34-35-36-37-38-39-41-43-46-49-52-55-58-61-68(72)70-66(65-77-79(74,75)76-64-63-71(4,5)6)67(60-57-54-51-48-45-42-27-24-21-18-15-12-9-3)78-69(73)62-59-56-53-50-47-44-40-29-26-23-20-17-14-11-8-2/h10,13,19-20,22-23,26,28-30,32-33,35-36,57,60,66-67H,7-9,11-12,14-18,21,24-25,27,31,34,37-56,58-59,61-65H2,1-6H3,(H-,70,72,74,75)/p+1/b13-10-,22-19-,23-20+,29-26+,30-28-,33-32-,36-35-,60-57-. The number of phosphoric acid groups is 1. The van der Waals surface area contributed by atoms with E-state index in [4.69, 9.17) is 13.8 Å². The topological polar surface area (TPSA) is 111 Å². The van der Waals surface area contributed by atoms with Gasteiger partial charge in [0.05, 0.1) is 33.8 Å². The molecular weight excluding hydrogens is 1000 g/mol. The number of nitrogens with zero attached hydrogens (tertiary/aromatic N) is 1. The molecule has 0 aromatic carbocycles. The van der Waals surface area contributed by atoms with Gasteiger partial charge in [-0.3, -0.25) is 18.6 Å². The Morgan fingerprint density at radius 2 is 0.848 bits per heavy atom. The summed E-state index contributed by atoms with van der Waals surface area (Å²) in [5, 5.41) is 3.06. The fraction of sp³-hybridized carbons (Fsp3) is 0.739. The number of unbranched alkanes of at least 4 members (excludes halogenated alkanes) is 29. The lowest BCUT2D eigenvalue weighted by atomic mass is 10.0. The van der Waals surface area contributed by atoms with E-state index in [0.717, 1.165) is 122 Å². The monoisotopic (exact) mass is 1120 g/mol. The molecular formula is C69H124N2O7P+. The normalized spacial score (nSPS) is 14.3. The summed E-state index contributed by atoms with van der Waals surface area (Å²) in [7, 11) is 1.48. The lowest BCUT2D eigenvalue weighted by molar-refractivity contribution is -0.870. The molecule has 0 bridgehead atoms. The minimum atomic E-state index is -4.46. The van der Waals surface area contributed by atoms with Crippen molar-refractivity contribution in [3.8, 4) is 0 Å². The molecule has 0 aliphatic heterocycles. The minimum absolute atomic E-state index is 0.0330. The number of hydrogen-bond acceptors (Lipinski definition) is 6. The highest BCUT2D eigenvalue weighted by Gasteiger charge is 2.30. The number of nitrogens with one attached hydrogen (secondary N) is 1. The Bertz CT molecular complexity index is 1670. The summed E-state index contributed by atoms with van der Waals surface area (Å²) in [5.41, 5.74) is 0. The third-order valence-corrected chi connectivity index (χ3v) is 15.0. The number of ether oxygens (including phenoxy) is 1. The number of rotatable bonds is 58. The fourth-order valence-electron chi connectivity index (χ4n) is 9.02. The van der Waals surface area contributed by atoms with Crippen LogP contribution in [-0.2, 0) is 27.9 Å². The first-order chi connectivity index (χ1) is 38.4. The van der Waals surface area contributed by atoms with Crippen molar-refractivity contribution in [3.05, 3.63) is 97.2 Å². The Kier molecular flexibility index (Phi) is 55.9. The Morgan fingerprint density at radius 3 is 1.32 bits per heavy atom. The zero-order chi connectivity index (χ0) is 57.9. The van der Waals surface area contributed by atoms with E-state index in [1.807, 2.05) is 33.3 Å². The average molecular weight is 1120 g/mol. The van der Waals surface area contributed by atoms with Gasteiger partial charge < -0.3 is 19.4 Å². The fourth-order valence-corrected chi connectivity index (χ4v) is 9.75. The summed E-state index contributed by atoms with van der Waals surface area (Å²) in [5.74, 6) is -0.526. The van der Waals surface area contributed by atoms with Crippen molar-refractivity contribution >= 4 is 19.7 Å². The molecule has 0 saturated carbocycles. The summed E-state index contributed by atoms with van der Waals surface area (Å²) in [6.45, 7) is 6.86. The number of hydrogen-bond donors (Lipinski definition) is 2. The molecule has 0 spiro atoms. The van der Waals surface area contributed by atoms with Crippen LogP contribution in [0.2, 0.25) is 0 Å². The summed E-state index contributed by atoms with van der Waals surface area (Å²) in [4.78, 5) is 37.8. The van der Waals surface area contributed by atoms with E-state index in [-0.39, 0.29) is 31.5 Å². The first-order valence-electron chi connectivity index (χ1n) is 32.6. The van der Waals surface area contributed by atoms with Gasteiger partial charge >= 0.3 is 13.8 Å². The van der Waals surface area contributed by atoms with Gasteiger partial charge in [-0.1, -0.05) is 260 Å². The molecule has 3 atom stereocenters. The van der Waals surface area contributed by atoms with Gasteiger partial charge in [-0.05, 0) is 102 Å². The van der Waals surface area contributed by atoms with Crippen molar-refractivity contribution < 1.29 is 37.3 Å². The van der Waals surface area contributed by atoms with Crippen LogP contribution >= 0.6 is 7.82 Å². The van der Waals surface area contributed by atoms with Crippen molar-refractivity contribution in [1.82, 2.24) is 5.32 Å². The first kappa shape index (κ1) is 75.9. The molecule has 0 aromatic heterocycles. The number of quaternary nitrogens is 1. The maximum absolute atomic E-state index is 13.6. The zero-order valence-corrected chi connectivity index (χ0v) is 53.0. The molecule has 0 rings (SSSR count). The smallest absolute Gasteiger partial charge is 0.456 e. The number of likely N-dealkylation sites (N-methyl/N-ethyl adjacent to an activating group) is 1. The molecule has 0 aliphatic rings. The second kappa shape index (κ2) is 58.1. The van der Waals surface area contributed by atoms with E-state index in [1.165, 1.54) is 122 Å². The highest BCUT2D eigenvalue weighted by molar-refractivity contribution is 7.47. The third kappa shape index (κ3) is 59.4. The van der Waals surface area contributed by atoms with Crippen LogP contribution in [0.4, 0.5) is 0 Å². The molecule has 0 saturated heterocycles. The third-order valence-electron chi connectivity index (χ3n) is 14.0. The van der Waals surface area contributed by atoms with Gasteiger partial charge in [-0.25, -0.2) is 4.57 Å². The highest BCUT2D eigenvalue weighted by Crippen LogP contribution is 2.43. The molecule has 456 valence electrons. The molecule has 0 aliphatic carbocycles. The predicted molar refractivity (Wildman–Crippen MR) is 341 cm³/mol. The summed E-state index contributed by atoms with van der Waals surface area (Å²) in [6, 6.07) is -0.862. The van der Waals surface area contributed by atoms with Crippen LogP contribution < -0.4 is 5.32 Å². The molecule has 1 amide bonds. The predicted octanol–water partition coefficient (Wildman–Crippen LogP) is 20.3. The van der Waals surface area contributed by atoms with E-state index in [2.05, 4.69) is 111 Å². The van der Waals surface area contributed by atoms with Crippen LogP contribution in [0.3, 0.4) is 0 Å². The van der Waals surface area contributed by atoms with Gasteiger partial charge in [0, 0.05) is 12.8 Å². The molecule has 0 heterocycles. The number of allylic oxidation sites excluding steroid dienone is 15. The molecule has 10 heteroatoms. The van der Waals surface area contributed by atoms with Crippen molar-refractivity contribution in [1.29, 1.82) is 0 Å². The molecule has 2 N–H and O–H groups in total. The van der Waals surface area contributed by atoms with Crippen LogP contribution in [0.1, 0.15) is 278 Å². The maximum Gasteiger partial charge on any atom is 0.472 e. The zero-order valence-electron chi connectivity index (χ0n) is 52.1. The maximum atomic E-state index is 13.6. The second-order valence-electron chi connectivity index (χ2n) is 22.9. The van der Waals surface area contributed by atoms with Crippen LogP contribution in [0.5, 0.6) is 0 Å². The molecule has 9 nitrogen and oxygen atoms in total. The van der Waals surface area contributed by atoms with Gasteiger partial charge in [0.2, 0.25) is 5.91 Å². The number of phosphoric ester groups is 1.